The number of pyridine rings is 1. The highest BCUT2D eigenvalue weighted by atomic mass is 14.7. The molecule has 0 aromatic carbocycles. The van der Waals surface area contributed by atoms with Crippen molar-refractivity contribution in [1.82, 2.24) is 4.98 Å². The number of nitrogens with zero attached hydrogens (tertiary/aromatic N) is 2. The standard InChI is InChI=1S/C14H20N2/c1-13(2,3)11-7-12(14(4,5)6)16-9-10(11)8-15/h7,9H,1-6H3. The second kappa shape index (κ2) is 3.90. The van der Waals surface area contributed by atoms with E-state index in [-0.39, 0.29) is 10.8 Å². The number of hydrogen-bond acceptors (Lipinski definition) is 2. The molecule has 1 aromatic heterocycles. The average Bonchev–Trinajstić information content (AvgIpc) is 2.14. The Labute approximate surface area is 98.3 Å². The van der Waals surface area contributed by atoms with Gasteiger partial charge >= 0.3 is 0 Å². The van der Waals surface area contributed by atoms with Crippen LogP contribution in [0, 0.1) is 11.3 Å². The van der Waals surface area contributed by atoms with Crippen LogP contribution in [0.4, 0.5) is 0 Å². The van der Waals surface area contributed by atoms with E-state index in [0.717, 1.165) is 11.3 Å². The minimum Gasteiger partial charge on any atom is -0.259 e. The fourth-order valence-electron chi connectivity index (χ4n) is 1.58. The molecule has 16 heavy (non-hydrogen) atoms. The molecule has 0 spiro atoms. The summed E-state index contributed by atoms with van der Waals surface area (Å²) in [6.45, 7) is 12.8. The summed E-state index contributed by atoms with van der Waals surface area (Å²) in [6, 6.07) is 4.29. The molecular weight excluding hydrogens is 196 g/mol. The third-order valence-corrected chi connectivity index (χ3v) is 2.60. The van der Waals surface area contributed by atoms with Gasteiger partial charge in [0.05, 0.1) is 5.56 Å². The molecule has 2 heteroatoms. The van der Waals surface area contributed by atoms with E-state index in [4.69, 9.17) is 5.26 Å². The summed E-state index contributed by atoms with van der Waals surface area (Å²) in [7, 11) is 0. The highest BCUT2D eigenvalue weighted by Gasteiger charge is 2.23. The minimum absolute atomic E-state index is 0.0198. The highest BCUT2D eigenvalue weighted by molar-refractivity contribution is 5.41. The van der Waals surface area contributed by atoms with Crippen molar-refractivity contribution < 1.29 is 0 Å². The number of hydrogen-bond donors (Lipinski definition) is 0. The lowest BCUT2D eigenvalue weighted by molar-refractivity contribution is 0.551. The van der Waals surface area contributed by atoms with Crippen LogP contribution in [0.25, 0.3) is 0 Å². The van der Waals surface area contributed by atoms with E-state index in [1.165, 1.54) is 0 Å². The van der Waals surface area contributed by atoms with Gasteiger partial charge in [-0.15, -0.1) is 0 Å². The summed E-state index contributed by atoms with van der Waals surface area (Å²) in [4.78, 5) is 4.37. The summed E-state index contributed by atoms with van der Waals surface area (Å²) in [5, 5.41) is 9.09. The summed E-state index contributed by atoms with van der Waals surface area (Å²) in [5.74, 6) is 0. The molecule has 2 nitrogen and oxygen atoms in total. The Hall–Kier alpha value is -1.36. The monoisotopic (exact) mass is 216 g/mol. The van der Waals surface area contributed by atoms with E-state index in [2.05, 4.69) is 58.7 Å². The smallest absolute Gasteiger partial charge is 0.101 e. The van der Waals surface area contributed by atoms with Crippen molar-refractivity contribution in [1.29, 1.82) is 5.26 Å². The Balaban J connectivity index is 3.41. The lowest BCUT2D eigenvalue weighted by Gasteiger charge is -2.24. The molecule has 0 aliphatic carbocycles. The zero-order valence-corrected chi connectivity index (χ0v) is 11.0. The normalized spacial score (nSPS) is 12.3. The van der Waals surface area contributed by atoms with Gasteiger partial charge in [0.25, 0.3) is 0 Å². The van der Waals surface area contributed by atoms with E-state index >= 15 is 0 Å². The summed E-state index contributed by atoms with van der Waals surface area (Å²) in [6.07, 6.45) is 1.70. The fraction of sp³-hybridized carbons (Fsp3) is 0.571. The van der Waals surface area contributed by atoms with Gasteiger partial charge in [-0.25, -0.2) is 0 Å². The van der Waals surface area contributed by atoms with Crippen LogP contribution >= 0.6 is 0 Å². The van der Waals surface area contributed by atoms with Crippen LogP contribution in [-0.4, -0.2) is 4.98 Å². The van der Waals surface area contributed by atoms with Gasteiger partial charge in [0, 0.05) is 17.3 Å². The van der Waals surface area contributed by atoms with Gasteiger partial charge in [0.15, 0.2) is 0 Å². The maximum atomic E-state index is 9.09. The topological polar surface area (TPSA) is 36.7 Å². The first-order chi connectivity index (χ1) is 7.16. The molecule has 1 aromatic rings. The second-order valence-electron chi connectivity index (χ2n) is 6.23. The molecule has 86 valence electrons. The van der Waals surface area contributed by atoms with Crippen molar-refractivity contribution in [2.75, 3.05) is 0 Å². The molecule has 0 bridgehead atoms. The molecule has 0 aliphatic rings. The Bertz CT molecular complexity index is 426. The van der Waals surface area contributed by atoms with Crippen LogP contribution in [0.2, 0.25) is 0 Å². The average molecular weight is 216 g/mol. The van der Waals surface area contributed by atoms with Gasteiger partial charge in [-0.2, -0.15) is 5.26 Å². The minimum atomic E-state index is -0.0198. The Morgan fingerprint density at radius 3 is 2.00 bits per heavy atom. The lowest BCUT2D eigenvalue weighted by Crippen LogP contribution is -2.19. The van der Waals surface area contributed by atoms with Gasteiger partial charge in [-0.05, 0) is 17.0 Å². The van der Waals surface area contributed by atoms with Crippen LogP contribution in [0.1, 0.15) is 58.4 Å². The summed E-state index contributed by atoms with van der Waals surface area (Å²) >= 11 is 0. The van der Waals surface area contributed by atoms with Gasteiger partial charge in [-0.3, -0.25) is 4.98 Å². The van der Waals surface area contributed by atoms with Gasteiger partial charge in [0.2, 0.25) is 0 Å². The Kier molecular flexibility index (Phi) is 3.10. The quantitative estimate of drug-likeness (QED) is 0.665. The Morgan fingerprint density at radius 1 is 1.06 bits per heavy atom. The predicted octanol–water partition coefficient (Wildman–Crippen LogP) is 3.55. The van der Waals surface area contributed by atoms with Crippen LogP contribution in [0.3, 0.4) is 0 Å². The molecule has 0 saturated carbocycles. The molecular formula is C14H20N2. The van der Waals surface area contributed by atoms with Crippen molar-refractivity contribution >= 4 is 0 Å². The SMILES string of the molecule is CC(C)(C)c1cc(C(C)(C)C)c(C#N)cn1. The van der Waals surface area contributed by atoms with Crippen LogP contribution < -0.4 is 0 Å². The summed E-state index contributed by atoms with van der Waals surface area (Å²) in [5.41, 5.74) is 2.80. The van der Waals surface area contributed by atoms with E-state index in [1.807, 2.05) is 0 Å². The maximum Gasteiger partial charge on any atom is 0.101 e. The molecule has 0 atom stereocenters. The van der Waals surface area contributed by atoms with Crippen molar-refractivity contribution in [2.24, 2.45) is 0 Å². The van der Waals surface area contributed by atoms with Crippen LogP contribution in [0.15, 0.2) is 12.3 Å². The van der Waals surface area contributed by atoms with Gasteiger partial charge in [0.1, 0.15) is 6.07 Å². The number of aromatic nitrogens is 1. The maximum absolute atomic E-state index is 9.09. The van der Waals surface area contributed by atoms with Crippen molar-refractivity contribution in [3.8, 4) is 6.07 Å². The summed E-state index contributed by atoms with van der Waals surface area (Å²) < 4.78 is 0. The van der Waals surface area contributed by atoms with E-state index in [1.54, 1.807) is 6.20 Å². The first-order valence-corrected chi connectivity index (χ1v) is 5.57. The Morgan fingerprint density at radius 2 is 1.62 bits per heavy atom. The first kappa shape index (κ1) is 12.7. The number of rotatable bonds is 0. The largest absolute Gasteiger partial charge is 0.259 e. The molecule has 0 radical (unpaired) electrons. The molecule has 0 unspecified atom stereocenters. The fourth-order valence-corrected chi connectivity index (χ4v) is 1.58. The van der Waals surface area contributed by atoms with E-state index in [9.17, 15) is 0 Å². The molecule has 0 fully saturated rings. The highest BCUT2D eigenvalue weighted by Crippen LogP contribution is 2.29. The molecule has 0 N–H and O–H groups in total. The van der Waals surface area contributed by atoms with Crippen molar-refractivity contribution in [3.63, 3.8) is 0 Å². The molecule has 1 heterocycles. The zero-order chi connectivity index (χ0) is 12.6. The lowest BCUT2D eigenvalue weighted by atomic mass is 9.81. The van der Waals surface area contributed by atoms with Crippen molar-refractivity contribution in [2.45, 2.75) is 52.4 Å². The van der Waals surface area contributed by atoms with Crippen LogP contribution in [-0.2, 0) is 10.8 Å². The van der Waals surface area contributed by atoms with Crippen LogP contribution in [0.5, 0.6) is 0 Å². The van der Waals surface area contributed by atoms with Gasteiger partial charge < -0.3 is 0 Å². The van der Waals surface area contributed by atoms with E-state index in [0.29, 0.717) is 5.56 Å². The third kappa shape index (κ3) is 2.61. The predicted molar refractivity (Wildman–Crippen MR) is 66.4 cm³/mol. The van der Waals surface area contributed by atoms with Gasteiger partial charge in [-0.1, -0.05) is 41.5 Å². The molecule has 1 rings (SSSR count). The second-order valence-corrected chi connectivity index (χ2v) is 6.23. The third-order valence-electron chi connectivity index (χ3n) is 2.60. The van der Waals surface area contributed by atoms with Crippen molar-refractivity contribution in [3.05, 3.63) is 29.1 Å². The first-order valence-electron chi connectivity index (χ1n) is 5.57. The number of nitriles is 1. The zero-order valence-electron chi connectivity index (χ0n) is 11.0. The molecule has 0 saturated heterocycles. The molecule has 0 amide bonds. The molecule has 0 aliphatic heterocycles. The van der Waals surface area contributed by atoms with E-state index < -0.39 is 0 Å².